The minimum absolute atomic E-state index is 0.101. The molecule has 0 bridgehead atoms. The molecule has 1 fully saturated rings. The zero-order valence-corrected chi connectivity index (χ0v) is 30.8. The van der Waals surface area contributed by atoms with Crippen molar-refractivity contribution in [2.75, 3.05) is 37.0 Å². The first-order chi connectivity index (χ1) is 24.7. The molecule has 3 N–H and O–H groups in total. The minimum atomic E-state index is -1.07. The molecule has 2 unspecified atom stereocenters. The summed E-state index contributed by atoms with van der Waals surface area (Å²) in [5.41, 5.74) is 2.65. The number of halogens is 1. The standard InChI is InChI=1S/C40H44BrN5O5/c1-25(42-2)37(47)44-33-24-46(39(49)28-15-13-27(14-16-28)38(48)43-22-26-9-5-4-6-10-26)35-12-8-7-11-34(35)45(40(33)50)23-32-31-19-18-30(41)21-29(31)17-20-36(32)51-3/h7-8,11-21,25-26,33,42H,4-6,9-10,22-24H2,1-3H3,(H,43,48)(H,44,47). The quantitative estimate of drug-likeness (QED) is 0.177. The molecule has 1 aliphatic carbocycles. The fourth-order valence-electron chi connectivity index (χ4n) is 6.99. The molecule has 0 aromatic heterocycles. The molecule has 1 heterocycles. The maximum atomic E-state index is 14.6. The first kappa shape index (κ1) is 36.1. The lowest BCUT2D eigenvalue weighted by atomic mass is 9.89. The number of nitrogens with zero attached hydrogens (tertiary/aromatic N) is 2. The number of hydrogen-bond acceptors (Lipinski definition) is 6. The molecule has 4 aromatic carbocycles. The summed E-state index contributed by atoms with van der Waals surface area (Å²) >= 11 is 3.55. The largest absolute Gasteiger partial charge is 0.496 e. The van der Waals surface area contributed by atoms with E-state index in [0.29, 0.717) is 40.7 Å². The highest BCUT2D eigenvalue weighted by atomic mass is 79.9. The number of likely N-dealkylation sites (N-methyl/N-ethyl adjacent to an activating group) is 1. The highest BCUT2D eigenvalue weighted by molar-refractivity contribution is 9.10. The van der Waals surface area contributed by atoms with Gasteiger partial charge in [0.25, 0.3) is 17.7 Å². The van der Waals surface area contributed by atoms with Crippen LogP contribution in [0.25, 0.3) is 10.8 Å². The van der Waals surface area contributed by atoms with Gasteiger partial charge >= 0.3 is 0 Å². The van der Waals surface area contributed by atoms with Crippen molar-refractivity contribution in [1.82, 2.24) is 16.0 Å². The molecule has 6 rings (SSSR count). The Hall–Kier alpha value is -4.74. The Balaban J connectivity index is 1.34. The number of rotatable bonds is 10. The molecule has 51 heavy (non-hydrogen) atoms. The molecule has 0 spiro atoms. The fourth-order valence-corrected chi connectivity index (χ4v) is 7.36. The number of carbonyl (C=O) groups excluding carboxylic acids is 4. The topological polar surface area (TPSA) is 120 Å². The van der Waals surface area contributed by atoms with Crippen LogP contribution >= 0.6 is 15.9 Å². The molecule has 4 aromatic rings. The van der Waals surface area contributed by atoms with E-state index in [1.54, 1.807) is 56.3 Å². The molecule has 2 atom stereocenters. The number of anilines is 2. The van der Waals surface area contributed by atoms with Gasteiger partial charge in [-0.25, -0.2) is 0 Å². The van der Waals surface area contributed by atoms with Crippen LogP contribution in [0.3, 0.4) is 0 Å². The number of fused-ring (bicyclic) bond motifs is 2. The Morgan fingerprint density at radius 1 is 0.922 bits per heavy atom. The zero-order chi connectivity index (χ0) is 36.1. The number of nitrogens with one attached hydrogen (secondary N) is 3. The predicted octanol–water partition coefficient (Wildman–Crippen LogP) is 6.21. The van der Waals surface area contributed by atoms with Crippen molar-refractivity contribution in [3.05, 3.63) is 100 Å². The van der Waals surface area contributed by atoms with Crippen LogP contribution in [0.15, 0.2) is 83.3 Å². The second-order valence-corrected chi connectivity index (χ2v) is 14.2. The van der Waals surface area contributed by atoms with E-state index in [2.05, 4.69) is 31.9 Å². The zero-order valence-electron chi connectivity index (χ0n) is 29.2. The van der Waals surface area contributed by atoms with Gasteiger partial charge in [0.2, 0.25) is 5.91 Å². The minimum Gasteiger partial charge on any atom is -0.496 e. The molecule has 0 radical (unpaired) electrons. The smallest absolute Gasteiger partial charge is 0.258 e. The molecular weight excluding hydrogens is 710 g/mol. The van der Waals surface area contributed by atoms with Gasteiger partial charge in [0.15, 0.2) is 0 Å². The number of methoxy groups -OCH3 is 1. The molecule has 2 aliphatic rings. The second-order valence-electron chi connectivity index (χ2n) is 13.3. The van der Waals surface area contributed by atoms with Crippen molar-refractivity contribution in [2.24, 2.45) is 5.92 Å². The molecule has 266 valence electrons. The molecule has 4 amide bonds. The SMILES string of the molecule is CNC(C)C(=O)NC1CN(C(=O)c2ccc(C(=O)NCC3CCCCC3)cc2)c2ccccc2N(Cc2c(OC)ccc3cc(Br)ccc23)C1=O. The third kappa shape index (κ3) is 7.94. The highest BCUT2D eigenvalue weighted by Gasteiger charge is 2.38. The van der Waals surface area contributed by atoms with Gasteiger partial charge in [-0.3, -0.25) is 19.2 Å². The van der Waals surface area contributed by atoms with Crippen molar-refractivity contribution in [1.29, 1.82) is 0 Å². The van der Waals surface area contributed by atoms with Gasteiger partial charge in [-0.2, -0.15) is 0 Å². The molecule has 11 heteroatoms. The van der Waals surface area contributed by atoms with E-state index < -0.39 is 12.1 Å². The monoisotopic (exact) mass is 753 g/mol. The molecular formula is C40H44BrN5O5. The van der Waals surface area contributed by atoms with Crippen molar-refractivity contribution < 1.29 is 23.9 Å². The Morgan fingerprint density at radius 2 is 1.63 bits per heavy atom. The molecule has 1 saturated carbocycles. The summed E-state index contributed by atoms with van der Waals surface area (Å²) in [5, 5.41) is 10.8. The number of amides is 4. The van der Waals surface area contributed by atoms with Crippen LogP contribution in [-0.2, 0) is 16.1 Å². The van der Waals surface area contributed by atoms with Crippen LogP contribution in [0.1, 0.15) is 65.3 Å². The first-order valence-corrected chi connectivity index (χ1v) is 18.3. The maximum absolute atomic E-state index is 14.6. The van der Waals surface area contributed by atoms with Crippen LogP contribution in [0.4, 0.5) is 11.4 Å². The van der Waals surface area contributed by atoms with Crippen LogP contribution in [0.2, 0.25) is 0 Å². The van der Waals surface area contributed by atoms with Gasteiger partial charge in [0.05, 0.1) is 37.6 Å². The summed E-state index contributed by atoms with van der Waals surface area (Å²) < 4.78 is 6.71. The molecule has 0 saturated heterocycles. The van der Waals surface area contributed by atoms with E-state index in [1.165, 1.54) is 24.2 Å². The van der Waals surface area contributed by atoms with Crippen molar-refractivity contribution in [3.8, 4) is 5.75 Å². The number of hydrogen-bond donors (Lipinski definition) is 3. The third-order valence-corrected chi connectivity index (χ3v) is 10.5. The van der Waals surface area contributed by atoms with Gasteiger partial charge in [0.1, 0.15) is 11.8 Å². The van der Waals surface area contributed by atoms with Gasteiger partial charge < -0.3 is 30.5 Å². The van der Waals surface area contributed by atoms with Gasteiger partial charge in [-0.05, 0) is 98.1 Å². The Bertz CT molecular complexity index is 1930. The van der Waals surface area contributed by atoms with E-state index in [1.807, 2.05) is 48.5 Å². The number of benzene rings is 4. The second kappa shape index (κ2) is 16.1. The van der Waals surface area contributed by atoms with E-state index in [0.717, 1.165) is 33.7 Å². The van der Waals surface area contributed by atoms with Gasteiger partial charge in [-0.1, -0.05) is 59.5 Å². The lowest BCUT2D eigenvalue weighted by Gasteiger charge is -2.27. The average Bonchev–Trinajstić information content (AvgIpc) is 3.27. The van der Waals surface area contributed by atoms with Crippen molar-refractivity contribution in [2.45, 2.75) is 57.7 Å². The van der Waals surface area contributed by atoms with Crippen LogP contribution in [0, 0.1) is 5.92 Å². The Morgan fingerprint density at radius 3 is 2.33 bits per heavy atom. The lowest BCUT2D eigenvalue weighted by molar-refractivity contribution is -0.128. The van der Waals surface area contributed by atoms with Gasteiger partial charge in [0, 0.05) is 27.7 Å². The number of para-hydroxylation sites is 2. The van der Waals surface area contributed by atoms with Crippen LogP contribution in [-0.4, -0.2) is 63.0 Å². The van der Waals surface area contributed by atoms with Crippen molar-refractivity contribution >= 4 is 61.7 Å². The van der Waals surface area contributed by atoms with Crippen LogP contribution in [0.5, 0.6) is 5.75 Å². The van der Waals surface area contributed by atoms with Crippen molar-refractivity contribution in [3.63, 3.8) is 0 Å². The highest BCUT2D eigenvalue weighted by Crippen LogP contribution is 2.38. The van der Waals surface area contributed by atoms with E-state index in [9.17, 15) is 19.2 Å². The normalized spacial score (nSPS) is 17.0. The van der Waals surface area contributed by atoms with Gasteiger partial charge in [-0.15, -0.1) is 0 Å². The maximum Gasteiger partial charge on any atom is 0.258 e. The Kier molecular flexibility index (Phi) is 11.4. The first-order valence-electron chi connectivity index (χ1n) is 17.5. The van der Waals surface area contributed by atoms with E-state index in [4.69, 9.17) is 4.74 Å². The lowest BCUT2D eigenvalue weighted by Crippen LogP contribution is -2.55. The summed E-state index contributed by atoms with van der Waals surface area (Å²) in [6, 6.07) is 22.0. The number of carbonyl (C=O) groups is 4. The summed E-state index contributed by atoms with van der Waals surface area (Å²) in [7, 11) is 3.26. The average molecular weight is 755 g/mol. The summed E-state index contributed by atoms with van der Waals surface area (Å²) in [6.07, 6.45) is 5.93. The fraction of sp³-hybridized carbons (Fsp3) is 0.350. The summed E-state index contributed by atoms with van der Waals surface area (Å²) in [5.74, 6) is -0.152. The predicted molar refractivity (Wildman–Crippen MR) is 203 cm³/mol. The summed E-state index contributed by atoms with van der Waals surface area (Å²) in [6.45, 7) is 2.38. The summed E-state index contributed by atoms with van der Waals surface area (Å²) in [4.78, 5) is 58.3. The Labute approximate surface area is 307 Å². The molecule has 1 aliphatic heterocycles. The molecule has 10 nitrogen and oxygen atoms in total. The van der Waals surface area contributed by atoms with E-state index in [-0.39, 0.29) is 36.7 Å². The third-order valence-electron chi connectivity index (χ3n) is 10.0. The van der Waals surface area contributed by atoms with Crippen LogP contribution < -0.4 is 30.5 Å². The van der Waals surface area contributed by atoms with E-state index >= 15 is 0 Å². The number of ether oxygens (including phenoxy) is 1.